The molecule has 1 heterocycles. The van der Waals surface area contributed by atoms with Gasteiger partial charge in [-0.15, -0.1) is 10.2 Å². The highest BCUT2D eigenvalue weighted by Gasteiger charge is 2.18. The molecule has 27 heavy (non-hydrogen) atoms. The van der Waals surface area contributed by atoms with E-state index < -0.39 is 0 Å². The van der Waals surface area contributed by atoms with Crippen LogP contribution in [0.1, 0.15) is 24.3 Å². The van der Waals surface area contributed by atoms with E-state index in [0.29, 0.717) is 16.8 Å². The van der Waals surface area contributed by atoms with Crippen molar-refractivity contribution in [2.45, 2.75) is 12.8 Å². The van der Waals surface area contributed by atoms with E-state index in [2.05, 4.69) is 10.2 Å². The van der Waals surface area contributed by atoms with Gasteiger partial charge < -0.3 is 9.15 Å². The summed E-state index contributed by atoms with van der Waals surface area (Å²) in [5, 5.41) is 8.92. The summed E-state index contributed by atoms with van der Waals surface area (Å²) in [6.07, 6.45) is 0. The average Bonchev–Trinajstić information content (AvgIpc) is 3.19. The van der Waals surface area contributed by atoms with Gasteiger partial charge in [-0.1, -0.05) is 54.1 Å². The van der Waals surface area contributed by atoms with Crippen LogP contribution in [0.3, 0.4) is 0 Å². The van der Waals surface area contributed by atoms with E-state index in [4.69, 9.17) is 20.8 Å². The number of rotatable bonds is 5. The largest absolute Gasteiger partial charge is 0.457 e. The van der Waals surface area contributed by atoms with Crippen molar-refractivity contribution in [3.8, 4) is 23.0 Å². The molecule has 3 aromatic carbocycles. The smallest absolute Gasteiger partial charge is 0.249 e. The lowest BCUT2D eigenvalue weighted by atomic mass is 10.0. The highest BCUT2D eigenvalue weighted by atomic mass is 35.5. The maximum atomic E-state index is 6.21. The van der Waals surface area contributed by atoms with Crippen molar-refractivity contribution in [3.63, 3.8) is 0 Å². The second kappa shape index (κ2) is 7.64. The molecule has 0 N–H and O–H groups in total. The SMILES string of the molecule is CC(c1ccc(Oc2ccccc2)cc1)c1nnc(-c2ccccc2Cl)o1. The topological polar surface area (TPSA) is 48.2 Å². The van der Waals surface area contributed by atoms with E-state index in [1.807, 2.05) is 79.7 Å². The Morgan fingerprint density at radius 2 is 1.48 bits per heavy atom. The highest BCUT2D eigenvalue weighted by molar-refractivity contribution is 6.33. The van der Waals surface area contributed by atoms with Crippen LogP contribution in [0.5, 0.6) is 11.5 Å². The van der Waals surface area contributed by atoms with Gasteiger partial charge in [0, 0.05) is 0 Å². The van der Waals surface area contributed by atoms with Crippen LogP contribution in [0, 0.1) is 0 Å². The van der Waals surface area contributed by atoms with Gasteiger partial charge in [0.2, 0.25) is 11.8 Å². The number of para-hydroxylation sites is 1. The molecule has 134 valence electrons. The zero-order valence-corrected chi connectivity index (χ0v) is 15.4. The van der Waals surface area contributed by atoms with Crippen LogP contribution in [0.2, 0.25) is 5.02 Å². The second-order valence-corrected chi connectivity index (χ2v) is 6.54. The van der Waals surface area contributed by atoms with Gasteiger partial charge >= 0.3 is 0 Å². The van der Waals surface area contributed by atoms with Gasteiger partial charge in [-0.05, 0) is 48.9 Å². The molecule has 0 aliphatic rings. The molecule has 4 aromatic rings. The third kappa shape index (κ3) is 3.86. The molecule has 1 aromatic heterocycles. The lowest BCUT2D eigenvalue weighted by molar-refractivity contribution is 0.479. The van der Waals surface area contributed by atoms with Crippen molar-refractivity contribution in [2.75, 3.05) is 0 Å². The lowest BCUT2D eigenvalue weighted by Gasteiger charge is -2.09. The summed E-state index contributed by atoms with van der Waals surface area (Å²) in [4.78, 5) is 0. The summed E-state index contributed by atoms with van der Waals surface area (Å²) < 4.78 is 11.7. The zero-order chi connectivity index (χ0) is 18.6. The third-order valence-corrected chi connectivity index (χ3v) is 4.60. The molecule has 0 radical (unpaired) electrons. The molecule has 1 unspecified atom stereocenters. The number of nitrogens with zero attached hydrogens (tertiary/aromatic N) is 2. The van der Waals surface area contributed by atoms with Gasteiger partial charge in [-0.2, -0.15) is 0 Å². The van der Waals surface area contributed by atoms with Crippen molar-refractivity contribution in [1.29, 1.82) is 0 Å². The quantitative estimate of drug-likeness (QED) is 0.408. The fourth-order valence-electron chi connectivity index (χ4n) is 2.74. The normalized spacial score (nSPS) is 11.9. The summed E-state index contributed by atoms with van der Waals surface area (Å²) in [6, 6.07) is 25.0. The van der Waals surface area contributed by atoms with E-state index in [-0.39, 0.29) is 5.92 Å². The molecule has 1 atom stereocenters. The first-order chi connectivity index (χ1) is 13.2. The monoisotopic (exact) mass is 376 g/mol. The fourth-order valence-corrected chi connectivity index (χ4v) is 2.96. The van der Waals surface area contributed by atoms with Gasteiger partial charge in [0.25, 0.3) is 0 Å². The zero-order valence-electron chi connectivity index (χ0n) is 14.7. The predicted molar refractivity (Wildman–Crippen MR) is 105 cm³/mol. The third-order valence-electron chi connectivity index (χ3n) is 4.27. The summed E-state index contributed by atoms with van der Waals surface area (Å²) in [6.45, 7) is 2.02. The van der Waals surface area contributed by atoms with Crippen LogP contribution >= 0.6 is 11.6 Å². The van der Waals surface area contributed by atoms with Crippen molar-refractivity contribution >= 4 is 11.6 Å². The molecule has 0 amide bonds. The lowest BCUT2D eigenvalue weighted by Crippen LogP contribution is -1.96. The minimum atomic E-state index is -0.0421. The Hall–Kier alpha value is -3.11. The second-order valence-electron chi connectivity index (χ2n) is 6.13. The van der Waals surface area contributed by atoms with Gasteiger partial charge in [0.1, 0.15) is 11.5 Å². The standard InChI is InChI=1S/C22H17ClN2O2/c1-15(21-24-25-22(27-21)19-9-5-6-10-20(19)23)16-11-13-18(14-12-16)26-17-7-3-2-4-8-17/h2-15H,1H3. The van der Waals surface area contributed by atoms with E-state index in [9.17, 15) is 0 Å². The average molecular weight is 377 g/mol. The molecule has 0 fully saturated rings. The Morgan fingerprint density at radius 1 is 0.815 bits per heavy atom. The van der Waals surface area contributed by atoms with Gasteiger partial charge in [0.05, 0.1) is 16.5 Å². The molecule has 0 aliphatic carbocycles. The Labute approximate surface area is 162 Å². The van der Waals surface area contributed by atoms with Gasteiger partial charge in [0.15, 0.2) is 0 Å². The van der Waals surface area contributed by atoms with E-state index in [1.54, 1.807) is 6.07 Å². The van der Waals surface area contributed by atoms with Crippen LogP contribution in [0.15, 0.2) is 83.3 Å². The molecular formula is C22H17ClN2O2. The van der Waals surface area contributed by atoms with Crippen LogP contribution in [0.25, 0.3) is 11.5 Å². The van der Waals surface area contributed by atoms with Crippen molar-refractivity contribution in [1.82, 2.24) is 10.2 Å². The Morgan fingerprint density at radius 3 is 2.22 bits per heavy atom. The molecule has 0 saturated carbocycles. The van der Waals surface area contributed by atoms with Gasteiger partial charge in [-0.3, -0.25) is 0 Å². The van der Waals surface area contributed by atoms with Crippen molar-refractivity contribution < 1.29 is 9.15 Å². The van der Waals surface area contributed by atoms with E-state index in [0.717, 1.165) is 22.6 Å². The van der Waals surface area contributed by atoms with Crippen LogP contribution in [-0.2, 0) is 0 Å². The molecule has 4 rings (SSSR count). The number of hydrogen-bond donors (Lipinski definition) is 0. The van der Waals surface area contributed by atoms with Crippen molar-refractivity contribution in [2.24, 2.45) is 0 Å². The molecule has 0 spiro atoms. The Bertz CT molecular complexity index is 1030. The molecular weight excluding hydrogens is 360 g/mol. The van der Waals surface area contributed by atoms with E-state index >= 15 is 0 Å². The first kappa shape index (κ1) is 17.3. The summed E-state index contributed by atoms with van der Waals surface area (Å²) in [5.41, 5.74) is 1.79. The number of benzene rings is 3. The van der Waals surface area contributed by atoms with Crippen LogP contribution < -0.4 is 4.74 Å². The highest BCUT2D eigenvalue weighted by Crippen LogP contribution is 2.31. The number of aromatic nitrogens is 2. The summed E-state index contributed by atoms with van der Waals surface area (Å²) in [5.74, 6) is 2.51. The Balaban J connectivity index is 1.51. The van der Waals surface area contributed by atoms with Gasteiger partial charge in [-0.25, -0.2) is 0 Å². The molecule has 5 heteroatoms. The van der Waals surface area contributed by atoms with E-state index in [1.165, 1.54) is 0 Å². The molecule has 0 bridgehead atoms. The molecule has 0 aliphatic heterocycles. The fraction of sp³-hybridized carbons (Fsp3) is 0.0909. The number of hydrogen-bond acceptors (Lipinski definition) is 4. The molecule has 0 saturated heterocycles. The summed E-state index contributed by atoms with van der Waals surface area (Å²) >= 11 is 6.21. The first-order valence-electron chi connectivity index (χ1n) is 8.62. The van der Waals surface area contributed by atoms with Crippen molar-refractivity contribution in [3.05, 3.63) is 95.3 Å². The minimum absolute atomic E-state index is 0.0421. The maximum Gasteiger partial charge on any atom is 0.249 e. The Kier molecular flexibility index (Phi) is 4.90. The predicted octanol–water partition coefficient (Wildman–Crippen LogP) is 6.33. The number of halogens is 1. The first-order valence-corrected chi connectivity index (χ1v) is 8.99. The van der Waals surface area contributed by atoms with Crippen LogP contribution in [0.4, 0.5) is 0 Å². The number of ether oxygens (including phenoxy) is 1. The minimum Gasteiger partial charge on any atom is -0.457 e. The van der Waals surface area contributed by atoms with Crippen LogP contribution in [-0.4, -0.2) is 10.2 Å². The summed E-state index contributed by atoms with van der Waals surface area (Å²) in [7, 11) is 0. The molecule has 4 nitrogen and oxygen atoms in total. The maximum absolute atomic E-state index is 6.21.